The molecule has 0 aromatic carbocycles. The fraction of sp³-hybridized carbons (Fsp3) is 0.571. The van der Waals surface area contributed by atoms with Gasteiger partial charge in [0.2, 0.25) is 0 Å². The van der Waals surface area contributed by atoms with Crippen LogP contribution >= 0.6 is 0 Å². The Kier molecular flexibility index (Phi) is 3.78. The van der Waals surface area contributed by atoms with Crippen molar-refractivity contribution in [1.29, 1.82) is 0 Å². The normalized spacial score (nSPS) is 19.9. The molecule has 1 unspecified atom stereocenters. The van der Waals surface area contributed by atoms with Crippen molar-refractivity contribution in [1.82, 2.24) is 5.01 Å². The summed E-state index contributed by atoms with van der Waals surface area (Å²) in [6.45, 7) is 0. The van der Waals surface area contributed by atoms with Crippen molar-refractivity contribution in [3.63, 3.8) is 0 Å². The number of hydrogen-bond acceptors (Lipinski definition) is 8. The molecule has 1 aliphatic rings. The smallest absolute Gasteiger partial charge is 0.322 e. The Morgan fingerprint density at radius 1 is 1.40 bits per heavy atom. The van der Waals surface area contributed by atoms with Crippen LogP contribution in [0.4, 0.5) is 0 Å². The zero-order valence-corrected chi connectivity index (χ0v) is 8.50. The molecule has 0 aromatic heterocycles. The third-order valence-electron chi connectivity index (χ3n) is 1.54. The first kappa shape index (κ1) is 11.2. The molecule has 0 amide bonds. The van der Waals surface area contributed by atoms with Crippen LogP contribution in [0.25, 0.3) is 0 Å². The number of aliphatic imine (C=N–C) groups is 2. The standard InChI is InChI=1S/C7H10N4O4/c1-13-5-9-6(14-2)11(8-4-12)7(10-5)15-3/h6H,1-3H3. The number of rotatable bonds is 2. The third-order valence-corrected chi connectivity index (χ3v) is 1.54. The molecular weight excluding hydrogens is 204 g/mol. The summed E-state index contributed by atoms with van der Waals surface area (Å²) in [5.41, 5.74) is 0. The Labute approximate surface area is 85.8 Å². The fourth-order valence-corrected chi connectivity index (χ4v) is 0.932. The molecule has 0 saturated heterocycles. The van der Waals surface area contributed by atoms with Crippen LogP contribution in [-0.4, -0.2) is 50.8 Å². The molecule has 1 aliphatic heterocycles. The summed E-state index contributed by atoms with van der Waals surface area (Å²) in [6, 6.07) is 0.119. The first-order chi connectivity index (χ1) is 7.26. The number of methoxy groups -OCH3 is 3. The van der Waals surface area contributed by atoms with Crippen molar-refractivity contribution in [2.45, 2.75) is 6.35 Å². The molecular formula is C7H10N4O4. The highest BCUT2D eigenvalue weighted by Gasteiger charge is 2.28. The van der Waals surface area contributed by atoms with E-state index in [4.69, 9.17) is 14.2 Å². The second-order valence-electron chi connectivity index (χ2n) is 2.31. The van der Waals surface area contributed by atoms with Gasteiger partial charge in [0.1, 0.15) is 0 Å². The summed E-state index contributed by atoms with van der Waals surface area (Å²) in [5, 5.41) is 4.38. The van der Waals surface area contributed by atoms with Gasteiger partial charge in [-0.2, -0.15) is 10.0 Å². The van der Waals surface area contributed by atoms with Gasteiger partial charge in [0, 0.05) is 7.11 Å². The number of hydrogen-bond donors (Lipinski definition) is 0. The van der Waals surface area contributed by atoms with Crippen LogP contribution in [0.3, 0.4) is 0 Å². The summed E-state index contributed by atoms with van der Waals surface area (Å²) in [6.07, 6.45) is 0.496. The number of hydrazone groups is 1. The lowest BCUT2D eigenvalue weighted by Crippen LogP contribution is -2.41. The van der Waals surface area contributed by atoms with Gasteiger partial charge in [-0.15, -0.1) is 4.99 Å². The Morgan fingerprint density at radius 3 is 2.60 bits per heavy atom. The number of amidine groups is 2. The van der Waals surface area contributed by atoms with Crippen LogP contribution < -0.4 is 0 Å². The molecule has 1 rings (SSSR count). The maximum atomic E-state index is 10.2. The zero-order chi connectivity index (χ0) is 11.3. The Balaban J connectivity index is 3.02. The van der Waals surface area contributed by atoms with Gasteiger partial charge in [0.15, 0.2) is 0 Å². The van der Waals surface area contributed by atoms with Gasteiger partial charge in [-0.25, -0.2) is 4.79 Å². The van der Waals surface area contributed by atoms with E-state index in [9.17, 15) is 4.79 Å². The predicted molar refractivity (Wildman–Crippen MR) is 49.6 cm³/mol. The highest BCUT2D eigenvalue weighted by atomic mass is 16.5. The summed E-state index contributed by atoms with van der Waals surface area (Å²) in [5.74, 6) is 0. The predicted octanol–water partition coefficient (Wildman–Crippen LogP) is -0.512. The van der Waals surface area contributed by atoms with E-state index >= 15 is 0 Å². The molecule has 82 valence electrons. The van der Waals surface area contributed by atoms with Crippen molar-refractivity contribution in [3.8, 4) is 0 Å². The molecule has 0 saturated carbocycles. The highest BCUT2D eigenvalue weighted by molar-refractivity contribution is 5.91. The number of nitrogens with zero attached hydrogens (tertiary/aromatic N) is 4. The lowest BCUT2D eigenvalue weighted by molar-refractivity contribution is -0.00107. The summed E-state index contributed by atoms with van der Waals surface area (Å²) in [4.78, 5) is 17.9. The monoisotopic (exact) mass is 214 g/mol. The van der Waals surface area contributed by atoms with Crippen LogP contribution in [-0.2, 0) is 19.0 Å². The van der Waals surface area contributed by atoms with E-state index in [0.717, 1.165) is 5.01 Å². The molecule has 0 fully saturated rings. The maximum absolute atomic E-state index is 10.2. The van der Waals surface area contributed by atoms with Gasteiger partial charge in [0.25, 0.3) is 12.4 Å². The number of isocyanates is 1. The molecule has 0 spiro atoms. The third kappa shape index (κ3) is 2.30. The van der Waals surface area contributed by atoms with Crippen LogP contribution in [0.15, 0.2) is 15.1 Å². The fourth-order valence-electron chi connectivity index (χ4n) is 0.932. The number of ether oxygens (including phenoxy) is 3. The van der Waals surface area contributed by atoms with Gasteiger partial charge < -0.3 is 14.2 Å². The molecule has 0 N–H and O–H groups in total. The average Bonchev–Trinajstić information content (AvgIpc) is 2.29. The van der Waals surface area contributed by atoms with E-state index in [1.165, 1.54) is 27.4 Å². The lowest BCUT2D eigenvalue weighted by Gasteiger charge is -2.25. The Morgan fingerprint density at radius 2 is 2.13 bits per heavy atom. The van der Waals surface area contributed by atoms with Crippen LogP contribution in [0.5, 0.6) is 0 Å². The molecule has 0 bridgehead atoms. The van der Waals surface area contributed by atoms with Gasteiger partial charge in [-0.05, 0) is 0 Å². The van der Waals surface area contributed by atoms with Crippen molar-refractivity contribution in [3.05, 3.63) is 0 Å². The minimum Gasteiger partial charge on any atom is -0.467 e. The minimum absolute atomic E-state index is 0.0389. The van der Waals surface area contributed by atoms with Crippen molar-refractivity contribution < 1.29 is 19.0 Å². The Hall–Kier alpha value is -1.92. The SMILES string of the molecule is COC1=NC(OC)N(N=C=O)C(OC)=N1. The van der Waals surface area contributed by atoms with Gasteiger partial charge >= 0.3 is 12.0 Å². The van der Waals surface area contributed by atoms with Crippen molar-refractivity contribution in [2.24, 2.45) is 15.1 Å². The van der Waals surface area contributed by atoms with Gasteiger partial charge in [-0.3, -0.25) is 0 Å². The van der Waals surface area contributed by atoms with Crippen molar-refractivity contribution >= 4 is 18.1 Å². The summed E-state index contributed by atoms with van der Waals surface area (Å²) >= 11 is 0. The second-order valence-corrected chi connectivity index (χ2v) is 2.31. The van der Waals surface area contributed by atoms with Crippen LogP contribution in [0.2, 0.25) is 0 Å². The number of carbonyl (C=O) groups excluding carboxylic acids is 1. The van der Waals surface area contributed by atoms with E-state index in [1.54, 1.807) is 0 Å². The average molecular weight is 214 g/mol. The van der Waals surface area contributed by atoms with E-state index < -0.39 is 6.35 Å². The highest BCUT2D eigenvalue weighted by Crippen LogP contribution is 2.11. The van der Waals surface area contributed by atoms with E-state index in [0.29, 0.717) is 0 Å². The molecule has 0 radical (unpaired) electrons. The lowest BCUT2D eigenvalue weighted by atomic mass is 10.7. The van der Waals surface area contributed by atoms with Gasteiger partial charge in [-0.1, -0.05) is 5.10 Å². The summed E-state index contributed by atoms with van der Waals surface area (Å²) < 4.78 is 14.6. The van der Waals surface area contributed by atoms with Crippen molar-refractivity contribution in [2.75, 3.05) is 21.3 Å². The molecule has 8 nitrogen and oxygen atoms in total. The van der Waals surface area contributed by atoms with E-state index in [1.807, 2.05) is 0 Å². The maximum Gasteiger partial charge on any atom is 0.322 e. The Bertz CT molecular complexity index is 334. The van der Waals surface area contributed by atoms with Crippen LogP contribution in [0, 0.1) is 0 Å². The molecule has 0 aliphatic carbocycles. The topological polar surface area (TPSA) is 85.1 Å². The van der Waals surface area contributed by atoms with Crippen LogP contribution in [0.1, 0.15) is 0 Å². The first-order valence-electron chi connectivity index (χ1n) is 3.91. The molecule has 1 atom stereocenters. The first-order valence-corrected chi connectivity index (χ1v) is 3.91. The molecule has 8 heteroatoms. The second kappa shape index (κ2) is 5.08. The zero-order valence-electron chi connectivity index (χ0n) is 8.50. The largest absolute Gasteiger partial charge is 0.467 e. The van der Waals surface area contributed by atoms with E-state index in [2.05, 4.69) is 15.1 Å². The quantitative estimate of drug-likeness (QED) is 0.456. The van der Waals surface area contributed by atoms with Gasteiger partial charge in [0.05, 0.1) is 14.2 Å². The summed E-state index contributed by atoms with van der Waals surface area (Å²) in [7, 11) is 4.17. The molecule has 0 aromatic rings. The molecule has 1 heterocycles. The minimum atomic E-state index is -0.853. The van der Waals surface area contributed by atoms with E-state index in [-0.39, 0.29) is 12.0 Å². The molecule has 15 heavy (non-hydrogen) atoms.